The Kier molecular flexibility index (Phi) is 4.18. The Labute approximate surface area is 149 Å². The molecule has 1 unspecified atom stereocenters. The predicted octanol–water partition coefficient (Wildman–Crippen LogP) is 0.976. The van der Waals surface area contributed by atoms with E-state index in [-0.39, 0.29) is 0 Å². The zero-order valence-corrected chi connectivity index (χ0v) is 15.5. The first-order chi connectivity index (χ1) is 12.0. The quantitative estimate of drug-likeness (QED) is 0.882. The summed E-state index contributed by atoms with van der Waals surface area (Å²) in [6.07, 6.45) is 10.8. The second kappa shape index (κ2) is 6.36. The molecule has 25 heavy (non-hydrogen) atoms. The van der Waals surface area contributed by atoms with Crippen molar-refractivity contribution in [3.8, 4) is 0 Å². The van der Waals surface area contributed by atoms with Crippen LogP contribution >= 0.6 is 0 Å². The van der Waals surface area contributed by atoms with E-state index in [1.54, 1.807) is 6.26 Å². The fraction of sp³-hybridized carbons (Fsp3) is 0.412. The van der Waals surface area contributed by atoms with E-state index in [4.69, 9.17) is 0 Å². The molecule has 2 aliphatic heterocycles. The molecule has 0 saturated carbocycles. The maximum Gasteiger partial charge on any atom is 0.172 e. The maximum atomic E-state index is 12.3. The number of fused-ring (bicyclic) bond motifs is 1. The first-order valence-corrected chi connectivity index (χ1v) is 9.87. The molecule has 1 N–H and O–H groups in total. The highest BCUT2D eigenvalue weighted by atomic mass is 32.2. The molecule has 0 aliphatic carbocycles. The minimum atomic E-state index is -1.20. The minimum Gasteiger partial charge on any atom is -0.316 e. The molecule has 0 spiro atoms. The summed E-state index contributed by atoms with van der Waals surface area (Å²) in [5, 5.41) is 8.10. The van der Waals surface area contributed by atoms with Gasteiger partial charge in [0.1, 0.15) is 0 Å². The first kappa shape index (κ1) is 16.4. The van der Waals surface area contributed by atoms with E-state index in [0.29, 0.717) is 10.7 Å². The van der Waals surface area contributed by atoms with Crippen molar-refractivity contribution < 1.29 is 4.21 Å². The monoisotopic (exact) mass is 358 g/mol. The lowest BCUT2D eigenvalue weighted by molar-refractivity contribution is 0.118. The third kappa shape index (κ3) is 2.90. The Balaban J connectivity index is 1.89. The average Bonchev–Trinajstić information content (AvgIpc) is 3.18. The van der Waals surface area contributed by atoms with E-state index in [1.165, 1.54) is 5.57 Å². The Morgan fingerprint density at radius 1 is 1.28 bits per heavy atom. The summed E-state index contributed by atoms with van der Waals surface area (Å²) in [5.41, 5.74) is 4.88. The summed E-state index contributed by atoms with van der Waals surface area (Å²) in [6.45, 7) is 2.59. The molecule has 2 aliphatic rings. The number of imidazole rings is 1. The maximum absolute atomic E-state index is 12.3. The van der Waals surface area contributed by atoms with Crippen LogP contribution in [0.2, 0.25) is 0 Å². The van der Waals surface area contributed by atoms with E-state index in [0.717, 1.165) is 43.0 Å². The summed E-state index contributed by atoms with van der Waals surface area (Å²) >= 11 is 0. The van der Waals surface area contributed by atoms with Gasteiger partial charge in [-0.25, -0.2) is 15.0 Å². The summed E-state index contributed by atoms with van der Waals surface area (Å²) in [6, 6.07) is 0. The van der Waals surface area contributed by atoms with Crippen molar-refractivity contribution in [2.45, 2.75) is 11.4 Å². The number of hydrogen-bond donors (Lipinski definition) is 1. The summed E-state index contributed by atoms with van der Waals surface area (Å²) in [7, 11) is 2.87. The summed E-state index contributed by atoms with van der Waals surface area (Å²) in [5.74, 6) is 0. The van der Waals surface area contributed by atoms with Crippen LogP contribution in [0, 0.1) is 0 Å². The summed E-state index contributed by atoms with van der Waals surface area (Å²) < 4.78 is 14.3. The van der Waals surface area contributed by atoms with Gasteiger partial charge in [0.15, 0.2) is 10.7 Å². The highest BCUT2D eigenvalue weighted by Crippen LogP contribution is 2.26. The molecule has 4 rings (SSSR count). The lowest BCUT2D eigenvalue weighted by Crippen LogP contribution is -2.27. The van der Waals surface area contributed by atoms with Crippen LogP contribution in [-0.2, 0) is 10.8 Å². The van der Waals surface area contributed by atoms with Gasteiger partial charge in [-0.15, -0.1) is 0 Å². The van der Waals surface area contributed by atoms with Crippen molar-refractivity contribution in [1.82, 2.24) is 29.7 Å². The van der Waals surface area contributed by atoms with Crippen LogP contribution < -0.4 is 5.32 Å². The Morgan fingerprint density at radius 2 is 2.12 bits per heavy atom. The molecular weight excluding hydrogens is 336 g/mol. The summed E-state index contributed by atoms with van der Waals surface area (Å²) in [4.78, 5) is 9.18. The van der Waals surface area contributed by atoms with Gasteiger partial charge in [0.05, 0.1) is 28.4 Å². The Morgan fingerprint density at radius 3 is 2.76 bits per heavy atom. The zero-order chi connectivity index (χ0) is 17.6. The van der Waals surface area contributed by atoms with Gasteiger partial charge in [-0.2, -0.15) is 0 Å². The fourth-order valence-corrected chi connectivity index (χ4v) is 3.89. The number of hydrogen-bond acceptors (Lipinski definition) is 6. The van der Waals surface area contributed by atoms with Gasteiger partial charge < -0.3 is 10.3 Å². The van der Waals surface area contributed by atoms with Gasteiger partial charge >= 0.3 is 0 Å². The molecule has 4 heterocycles. The lowest BCUT2D eigenvalue weighted by atomic mass is 10.1. The van der Waals surface area contributed by atoms with Crippen molar-refractivity contribution in [3.05, 3.63) is 36.1 Å². The molecule has 7 nitrogen and oxygen atoms in total. The van der Waals surface area contributed by atoms with Gasteiger partial charge in [0.25, 0.3) is 0 Å². The van der Waals surface area contributed by atoms with Gasteiger partial charge in [-0.3, -0.25) is 8.61 Å². The first-order valence-electron chi connectivity index (χ1n) is 8.31. The standard InChI is InChI=1S/C17H22N6OS/c1-21-9-13(10-22(21)2)15-8-19-16-17(25(3)24)20-14(11-23(15)16)12-5-4-6-18-7-12/h5,8-9,11,18H,4,6-7,10H2,1-3H3. The van der Waals surface area contributed by atoms with Crippen molar-refractivity contribution in [3.63, 3.8) is 0 Å². The Bertz CT molecular complexity index is 915. The van der Waals surface area contributed by atoms with Crippen LogP contribution in [-0.4, -0.2) is 68.6 Å². The molecule has 2 aromatic heterocycles. The van der Waals surface area contributed by atoms with Gasteiger partial charge in [-0.1, -0.05) is 6.08 Å². The van der Waals surface area contributed by atoms with Gasteiger partial charge in [0, 0.05) is 51.4 Å². The average molecular weight is 358 g/mol. The third-order valence-electron chi connectivity index (χ3n) is 4.70. The number of hydrazine groups is 1. The molecule has 8 heteroatoms. The number of nitrogens with zero attached hydrogens (tertiary/aromatic N) is 5. The molecule has 132 valence electrons. The molecule has 0 radical (unpaired) electrons. The zero-order valence-electron chi connectivity index (χ0n) is 14.7. The molecule has 0 bridgehead atoms. The molecule has 0 aromatic carbocycles. The predicted molar refractivity (Wildman–Crippen MR) is 99.2 cm³/mol. The van der Waals surface area contributed by atoms with Crippen molar-refractivity contribution in [1.29, 1.82) is 0 Å². The molecule has 1 atom stereocenters. The molecule has 2 aromatic rings. The molecule has 0 amide bonds. The van der Waals surface area contributed by atoms with Crippen LogP contribution in [0.1, 0.15) is 17.8 Å². The van der Waals surface area contributed by atoms with Crippen LogP contribution in [0.25, 0.3) is 16.8 Å². The van der Waals surface area contributed by atoms with E-state index in [2.05, 4.69) is 37.6 Å². The topological polar surface area (TPSA) is 65.8 Å². The van der Waals surface area contributed by atoms with Crippen LogP contribution in [0.15, 0.2) is 29.7 Å². The largest absolute Gasteiger partial charge is 0.316 e. The van der Waals surface area contributed by atoms with Gasteiger partial charge in [0.2, 0.25) is 0 Å². The highest BCUT2D eigenvalue weighted by molar-refractivity contribution is 7.84. The smallest absolute Gasteiger partial charge is 0.172 e. The van der Waals surface area contributed by atoms with Crippen molar-refractivity contribution >= 4 is 27.6 Å². The van der Waals surface area contributed by atoms with E-state index in [1.807, 2.05) is 30.9 Å². The number of aromatic nitrogens is 3. The van der Waals surface area contributed by atoms with Gasteiger partial charge in [-0.05, 0) is 18.5 Å². The van der Waals surface area contributed by atoms with Crippen molar-refractivity contribution in [2.24, 2.45) is 0 Å². The minimum absolute atomic E-state index is 0.538. The van der Waals surface area contributed by atoms with Crippen LogP contribution in [0.3, 0.4) is 0 Å². The second-order valence-corrected chi connectivity index (χ2v) is 7.76. The van der Waals surface area contributed by atoms with Crippen LogP contribution in [0.4, 0.5) is 0 Å². The normalized spacial score (nSPS) is 20.0. The number of rotatable bonds is 3. The van der Waals surface area contributed by atoms with Crippen LogP contribution in [0.5, 0.6) is 0 Å². The van der Waals surface area contributed by atoms with E-state index >= 15 is 0 Å². The highest BCUT2D eigenvalue weighted by Gasteiger charge is 2.22. The van der Waals surface area contributed by atoms with E-state index in [9.17, 15) is 4.21 Å². The van der Waals surface area contributed by atoms with E-state index < -0.39 is 10.8 Å². The second-order valence-electron chi connectivity index (χ2n) is 6.46. The molecule has 0 fully saturated rings. The lowest BCUT2D eigenvalue weighted by Gasteiger charge is -2.18. The molecular formula is C17H22N6OS. The Hall–Kier alpha value is -2.03. The fourth-order valence-electron chi connectivity index (χ4n) is 3.25. The number of likely N-dealkylation sites (N-methyl/N-ethyl adjacent to an activating group) is 1. The van der Waals surface area contributed by atoms with Crippen molar-refractivity contribution in [2.75, 3.05) is 40.0 Å². The number of nitrogens with one attached hydrogen (secondary N) is 1. The molecule has 0 saturated heterocycles. The third-order valence-corrected chi connectivity index (χ3v) is 5.52. The SMILES string of the molecule is CN1C=C(c2cnc3c(S(C)=O)nc(C4=CCCNC4)cn23)CN1C.